The van der Waals surface area contributed by atoms with Gasteiger partial charge in [-0.15, -0.1) is 0 Å². The molecule has 6 heteroatoms. The fourth-order valence-electron chi connectivity index (χ4n) is 0.364. The summed E-state index contributed by atoms with van der Waals surface area (Å²) in [6.45, 7) is 4.88. The molecule has 0 aromatic rings. The molecule has 0 rings (SSSR count). The minimum absolute atomic E-state index is 0. The van der Waals surface area contributed by atoms with Gasteiger partial charge in [0, 0.05) is 21.1 Å². The summed E-state index contributed by atoms with van der Waals surface area (Å²) in [7, 11) is 0. The Balaban J connectivity index is 0. The Bertz CT molecular complexity index is 112. The van der Waals surface area contributed by atoms with E-state index in [2.05, 4.69) is 12.2 Å². The van der Waals surface area contributed by atoms with Gasteiger partial charge in [-0.25, -0.2) is 0 Å². The Labute approximate surface area is 86.6 Å². The van der Waals surface area contributed by atoms with Crippen LogP contribution in [0, 0.1) is 0 Å². The molecule has 0 spiro atoms. The zero-order chi connectivity index (χ0) is 7.33. The molecule has 2 nitrogen and oxygen atoms in total. The van der Waals surface area contributed by atoms with Crippen LogP contribution in [-0.4, -0.2) is 13.2 Å². The molecular weight excluding hydrogens is 271 g/mol. The largest absolute Gasteiger partial charge is 0.322 e. The van der Waals surface area contributed by atoms with Gasteiger partial charge in [-0.1, -0.05) is 12.2 Å². The molecule has 0 aromatic heterocycles. The van der Waals surface area contributed by atoms with Crippen molar-refractivity contribution in [2.75, 3.05) is 13.2 Å². The molecular formula is C4H11MoO2PS2. The average molecular weight is 282 g/mol. The summed E-state index contributed by atoms with van der Waals surface area (Å²) in [6, 6.07) is 0. The fraction of sp³-hybridized carbons (Fsp3) is 1.00. The summed E-state index contributed by atoms with van der Waals surface area (Å²) >= 11 is 8.90. The van der Waals surface area contributed by atoms with Gasteiger partial charge in [0.25, 0.3) is 0 Å². The quantitative estimate of drug-likeness (QED) is 0.484. The van der Waals surface area contributed by atoms with Gasteiger partial charge in [0.15, 0.2) is 0 Å². The molecule has 0 radical (unpaired) electrons. The van der Waals surface area contributed by atoms with E-state index in [1.807, 2.05) is 13.8 Å². The second kappa shape index (κ2) is 7.27. The van der Waals surface area contributed by atoms with Gasteiger partial charge in [0.05, 0.1) is 13.2 Å². The van der Waals surface area contributed by atoms with Crippen LogP contribution < -0.4 is 0 Å². The molecule has 62 valence electrons. The Kier molecular flexibility index (Phi) is 10.3. The molecule has 0 N–H and O–H groups in total. The standard InChI is InChI=1S/C4H11O2PS2.Mo/c1-3-5-7(8,9)6-4-2;/h3-4H2,1-2H3,(H,8,9);. The number of hydrogen-bond donors (Lipinski definition) is 1. The second-order valence-electron chi connectivity index (χ2n) is 1.30. The van der Waals surface area contributed by atoms with Crippen LogP contribution in [0.4, 0.5) is 0 Å². The van der Waals surface area contributed by atoms with E-state index in [1.165, 1.54) is 0 Å². The van der Waals surface area contributed by atoms with E-state index in [0.717, 1.165) is 0 Å². The van der Waals surface area contributed by atoms with Crippen LogP contribution in [0.1, 0.15) is 13.8 Å². The first-order valence-electron chi connectivity index (χ1n) is 2.74. The first-order valence-corrected chi connectivity index (χ1v) is 6.53. The van der Waals surface area contributed by atoms with Crippen molar-refractivity contribution >= 4 is 29.7 Å². The maximum absolute atomic E-state index is 5.04. The van der Waals surface area contributed by atoms with Crippen LogP contribution in [0.3, 0.4) is 0 Å². The smallest absolute Gasteiger partial charge is 0.244 e. The molecule has 0 bridgehead atoms. The van der Waals surface area contributed by atoms with E-state index in [9.17, 15) is 0 Å². The molecule has 0 amide bonds. The molecule has 0 aliphatic rings. The normalized spacial score (nSPS) is 10.7. The maximum Gasteiger partial charge on any atom is 0.244 e. The van der Waals surface area contributed by atoms with Crippen LogP contribution in [0.15, 0.2) is 0 Å². The van der Waals surface area contributed by atoms with E-state index in [4.69, 9.17) is 20.9 Å². The molecule has 0 unspecified atom stereocenters. The summed E-state index contributed by atoms with van der Waals surface area (Å²) in [5.74, 6) is 0. The van der Waals surface area contributed by atoms with Crippen molar-refractivity contribution in [1.29, 1.82) is 0 Å². The molecule has 0 fully saturated rings. The third kappa shape index (κ3) is 7.71. The average Bonchev–Trinajstić information content (AvgIpc) is 1.64. The zero-order valence-corrected chi connectivity index (χ0v) is 10.6. The molecule has 0 saturated carbocycles. The minimum Gasteiger partial charge on any atom is -0.322 e. The van der Waals surface area contributed by atoms with Crippen LogP contribution in [0.5, 0.6) is 0 Å². The number of hydrogen-bond acceptors (Lipinski definition) is 3. The van der Waals surface area contributed by atoms with Crippen molar-refractivity contribution < 1.29 is 30.1 Å². The van der Waals surface area contributed by atoms with E-state index in [1.54, 1.807) is 0 Å². The van der Waals surface area contributed by atoms with E-state index < -0.39 is 5.69 Å². The van der Waals surface area contributed by atoms with Gasteiger partial charge in [0.1, 0.15) is 0 Å². The van der Waals surface area contributed by atoms with E-state index >= 15 is 0 Å². The van der Waals surface area contributed by atoms with Crippen LogP contribution >= 0.6 is 17.9 Å². The van der Waals surface area contributed by atoms with Gasteiger partial charge in [-0.3, -0.25) is 0 Å². The summed E-state index contributed by atoms with van der Waals surface area (Å²) in [6.07, 6.45) is 0. The van der Waals surface area contributed by atoms with Crippen molar-refractivity contribution in [1.82, 2.24) is 0 Å². The Morgan fingerprint density at radius 1 is 1.30 bits per heavy atom. The predicted octanol–water partition coefficient (Wildman–Crippen LogP) is 2.21. The second-order valence-corrected chi connectivity index (χ2v) is 6.59. The van der Waals surface area contributed by atoms with Crippen molar-refractivity contribution in [3.63, 3.8) is 0 Å². The molecule has 0 saturated heterocycles. The summed E-state index contributed by atoms with van der Waals surface area (Å²) in [5, 5.41) is 0. The number of thiol groups is 1. The van der Waals surface area contributed by atoms with Gasteiger partial charge >= 0.3 is 0 Å². The van der Waals surface area contributed by atoms with Gasteiger partial charge < -0.3 is 9.05 Å². The van der Waals surface area contributed by atoms with Gasteiger partial charge in [-0.05, 0) is 25.7 Å². The van der Waals surface area contributed by atoms with Gasteiger partial charge in [0.2, 0.25) is 5.69 Å². The van der Waals surface area contributed by atoms with Crippen LogP contribution in [0.2, 0.25) is 0 Å². The minimum atomic E-state index is -2.16. The Hall–Kier alpha value is 1.61. The van der Waals surface area contributed by atoms with Crippen molar-refractivity contribution in [2.45, 2.75) is 13.8 Å². The number of rotatable bonds is 4. The molecule has 0 aliphatic carbocycles. The van der Waals surface area contributed by atoms with E-state index in [0.29, 0.717) is 13.2 Å². The monoisotopic (exact) mass is 284 g/mol. The van der Waals surface area contributed by atoms with Crippen LogP contribution in [0.25, 0.3) is 0 Å². The van der Waals surface area contributed by atoms with Gasteiger partial charge in [-0.2, -0.15) is 0 Å². The van der Waals surface area contributed by atoms with Crippen molar-refractivity contribution in [3.05, 3.63) is 0 Å². The van der Waals surface area contributed by atoms with E-state index in [-0.39, 0.29) is 21.1 Å². The van der Waals surface area contributed by atoms with Crippen molar-refractivity contribution in [3.8, 4) is 0 Å². The molecule has 0 heterocycles. The third-order valence-corrected chi connectivity index (χ3v) is 3.08. The third-order valence-electron chi connectivity index (χ3n) is 0.584. The predicted molar refractivity (Wildman–Crippen MR) is 46.5 cm³/mol. The summed E-state index contributed by atoms with van der Waals surface area (Å²) in [4.78, 5) is 0. The summed E-state index contributed by atoms with van der Waals surface area (Å²) in [5.41, 5.74) is -2.16. The first-order chi connectivity index (χ1) is 4.12. The fourth-order valence-corrected chi connectivity index (χ4v) is 2.42. The van der Waals surface area contributed by atoms with Crippen molar-refractivity contribution in [2.24, 2.45) is 0 Å². The Morgan fingerprint density at radius 2 is 1.60 bits per heavy atom. The maximum atomic E-state index is 5.04. The molecule has 0 aromatic carbocycles. The van der Waals surface area contributed by atoms with Crippen LogP contribution in [-0.2, 0) is 41.9 Å². The SMILES string of the molecule is CCOP(=S)(S)OCC.[Mo]. The molecule has 0 aliphatic heterocycles. The Morgan fingerprint density at radius 3 is 1.80 bits per heavy atom. The molecule has 10 heavy (non-hydrogen) atoms. The summed E-state index contributed by atoms with van der Waals surface area (Å²) < 4.78 is 10.1. The molecule has 0 atom stereocenters. The topological polar surface area (TPSA) is 18.5 Å². The zero-order valence-electron chi connectivity index (χ0n) is 5.94. The first kappa shape index (κ1) is 14.2.